The molecule has 0 spiro atoms. The van der Waals surface area contributed by atoms with Gasteiger partial charge in [-0.1, -0.05) is 20.8 Å². The van der Waals surface area contributed by atoms with E-state index in [2.05, 4.69) is 26.2 Å². The molecule has 0 aliphatic heterocycles. The second-order valence-electron chi connectivity index (χ2n) is 3.60. The average molecular weight is 212 g/mol. The summed E-state index contributed by atoms with van der Waals surface area (Å²) in [5, 5.41) is 0. The third-order valence-electron chi connectivity index (χ3n) is 1.26. The summed E-state index contributed by atoms with van der Waals surface area (Å²) in [6, 6.07) is 7.96. The van der Waals surface area contributed by atoms with Gasteiger partial charge in [-0.15, -0.1) is 11.8 Å². The fraction of sp³-hybridized carbons (Fsp3) is 0.455. The van der Waals surface area contributed by atoms with Crippen LogP contribution in [0.15, 0.2) is 29.2 Å². The number of benzene rings is 1. The molecular weight excluding hydrogens is 192 g/mol. The summed E-state index contributed by atoms with van der Waals surface area (Å²) in [5.41, 5.74) is 3.51. The Labute approximate surface area is 91.2 Å². The lowest BCUT2D eigenvalue weighted by Crippen LogP contribution is -2.05. The first-order valence-corrected chi connectivity index (χ1v) is 5.93. The number of nitrogens with two attached hydrogens (primary N) is 1. The quantitative estimate of drug-likeness (QED) is 0.448. The van der Waals surface area contributed by atoms with E-state index in [0.717, 1.165) is 11.6 Å². The molecule has 2 nitrogen and oxygen atoms in total. The minimum absolute atomic E-state index is 0.833. The van der Waals surface area contributed by atoms with Gasteiger partial charge in [0, 0.05) is 10.6 Å². The van der Waals surface area contributed by atoms with Crippen LogP contribution in [-0.2, 0) is 0 Å². The van der Waals surface area contributed by atoms with Gasteiger partial charge in [0.2, 0.25) is 0 Å². The molecule has 0 amide bonds. The van der Waals surface area contributed by atoms with Crippen molar-refractivity contribution in [3.63, 3.8) is 0 Å². The fourth-order valence-electron chi connectivity index (χ4n) is 0.687. The lowest BCUT2D eigenvalue weighted by Gasteiger charge is -1.99. The van der Waals surface area contributed by atoms with E-state index in [4.69, 9.17) is 5.84 Å². The highest BCUT2D eigenvalue weighted by atomic mass is 32.2. The summed E-state index contributed by atoms with van der Waals surface area (Å²) < 4.78 is 0. The topological polar surface area (TPSA) is 38.0 Å². The number of thioether (sulfide) groups is 1. The van der Waals surface area contributed by atoms with Crippen molar-refractivity contribution in [2.24, 2.45) is 11.8 Å². The summed E-state index contributed by atoms with van der Waals surface area (Å²) in [6.07, 6.45) is 2.05. The SMILES string of the molecule is CC(C)C.CSc1ccc(NN)cc1. The average Bonchev–Trinajstić information content (AvgIpc) is 2.17. The Hall–Kier alpha value is -0.670. The number of hydrazine groups is 1. The van der Waals surface area contributed by atoms with Crippen LogP contribution >= 0.6 is 11.8 Å². The molecule has 1 rings (SSSR count). The van der Waals surface area contributed by atoms with E-state index < -0.39 is 0 Å². The van der Waals surface area contributed by atoms with Gasteiger partial charge in [-0.2, -0.15) is 0 Å². The zero-order valence-electron chi connectivity index (χ0n) is 9.37. The summed E-state index contributed by atoms with van der Waals surface area (Å²) in [4.78, 5) is 1.25. The van der Waals surface area contributed by atoms with Crippen molar-refractivity contribution < 1.29 is 0 Å². The summed E-state index contributed by atoms with van der Waals surface area (Å²) in [5.74, 6) is 6.02. The maximum absolute atomic E-state index is 5.18. The van der Waals surface area contributed by atoms with Crippen molar-refractivity contribution in [2.75, 3.05) is 11.7 Å². The molecule has 0 heterocycles. The lowest BCUT2D eigenvalue weighted by atomic mass is 10.3. The summed E-state index contributed by atoms with van der Waals surface area (Å²) in [6.45, 7) is 6.50. The molecule has 80 valence electrons. The smallest absolute Gasteiger partial charge is 0.0485 e. The van der Waals surface area contributed by atoms with Gasteiger partial charge in [-0.05, 0) is 36.4 Å². The number of rotatable bonds is 2. The highest BCUT2D eigenvalue weighted by molar-refractivity contribution is 7.98. The summed E-state index contributed by atoms with van der Waals surface area (Å²) in [7, 11) is 0. The van der Waals surface area contributed by atoms with E-state index in [1.165, 1.54) is 4.90 Å². The van der Waals surface area contributed by atoms with Crippen LogP contribution in [0.5, 0.6) is 0 Å². The standard InChI is InChI=1S/C7H10N2S.C4H10/c1-10-7-4-2-6(9-8)3-5-7;1-4(2)3/h2-5,9H,8H2,1H3;4H,1-3H3. The summed E-state index contributed by atoms with van der Waals surface area (Å²) >= 11 is 1.72. The molecule has 1 aromatic rings. The van der Waals surface area contributed by atoms with Gasteiger partial charge in [0.15, 0.2) is 0 Å². The van der Waals surface area contributed by atoms with E-state index in [1.54, 1.807) is 11.8 Å². The minimum Gasteiger partial charge on any atom is -0.324 e. The largest absolute Gasteiger partial charge is 0.324 e. The van der Waals surface area contributed by atoms with Gasteiger partial charge in [-0.25, -0.2) is 0 Å². The molecule has 1 aromatic carbocycles. The molecule has 0 aliphatic carbocycles. The molecule has 3 N–H and O–H groups in total. The van der Waals surface area contributed by atoms with Gasteiger partial charge in [0.1, 0.15) is 0 Å². The van der Waals surface area contributed by atoms with E-state index in [-0.39, 0.29) is 0 Å². The van der Waals surface area contributed by atoms with Crippen molar-refractivity contribution in [1.29, 1.82) is 0 Å². The molecule has 0 radical (unpaired) electrons. The van der Waals surface area contributed by atoms with Gasteiger partial charge < -0.3 is 5.43 Å². The Morgan fingerprint density at radius 2 is 1.57 bits per heavy atom. The molecule has 0 saturated carbocycles. The first-order chi connectivity index (χ1) is 6.60. The van der Waals surface area contributed by atoms with Gasteiger partial charge >= 0.3 is 0 Å². The van der Waals surface area contributed by atoms with Crippen LogP contribution in [0.3, 0.4) is 0 Å². The number of nitrogen functional groups attached to an aromatic ring is 1. The number of hydrogen-bond acceptors (Lipinski definition) is 3. The van der Waals surface area contributed by atoms with Crippen LogP contribution in [0.1, 0.15) is 20.8 Å². The molecule has 0 unspecified atom stereocenters. The highest BCUT2D eigenvalue weighted by Crippen LogP contribution is 2.16. The zero-order valence-corrected chi connectivity index (χ0v) is 10.2. The van der Waals surface area contributed by atoms with Gasteiger partial charge in [0.05, 0.1) is 0 Å². The zero-order chi connectivity index (χ0) is 11.0. The van der Waals surface area contributed by atoms with E-state index in [1.807, 2.05) is 30.5 Å². The van der Waals surface area contributed by atoms with Crippen LogP contribution in [0.25, 0.3) is 0 Å². The molecular formula is C11H20N2S. The predicted octanol–water partition coefficient (Wildman–Crippen LogP) is 3.36. The maximum Gasteiger partial charge on any atom is 0.0485 e. The van der Waals surface area contributed by atoms with Crippen molar-refractivity contribution in [3.8, 4) is 0 Å². The first-order valence-electron chi connectivity index (χ1n) is 4.70. The van der Waals surface area contributed by atoms with Crippen molar-refractivity contribution in [3.05, 3.63) is 24.3 Å². The van der Waals surface area contributed by atoms with Crippen molar-refractivity contribution >= 4 is 17.4 Å². The van der Waals surface area contributed by atoms with E-state index in [9.17, 15) is 0 Å². The molecule has 0 aliphatic rings. The first kappa shape index (κ1) is 13.3. The third-order valence-corrected chi connectivity index (χ3v) is 2.00. The third kappa shape index (κ3) is 6.80. The molecule has 14 heavy (non-hydrogen) atoms. The Morgan fingerprint density at radius 3 is 1.86 bits per heavy atom. The number of nitrogens with one attached hydrogen (secondary N) is 1. The van der Waals surface area contributed by atoms with Gasteiger partial charge in [0.25, 0.3) is 0 Å². The molecule has 0 saturated heterocycles. The van der Waals surface area contributed by atoms with Crippen LogP contribution in [0.4, 0.5) is 5.69 Å². The van der Waals surface area contributed by atoms with Crippen LogP contribution in [-0.4, -0.2) is 6.26 Å². The minimum atomic E-state index is 0.833. The second kappa shape index (κ2) is 7.71. The van der Waals surface area contributed by atoms with Gasteiger partial charge in [-0.3, -0.25) is 5.84 Å². The van der Waals surface area contributed by atoms with E-state index >= 15 is 0 Å². The van der Waals surface area contributed by atoms with Crippen LogP contribution in [0, 0.1) is 5.92 Å². The molecule has 0 fully saturated rings. The normalized spacial score (nSPS) is 9.29. The second-order valence-corrected chi connectivity index (χ2v) is 4.48. The molecule has 0 atom stereocenters. The molecule has 3 heteroatoms. The predicted molar refractivity (Wildman–Crippen MR) is 66.5 cm³/mol. The number of anilines is 1. The Bertz CT molecular complexity index is 206. The molecule has 0 bridgehead atoms. The lowest BCUT2D eigenvalue weighted by molar-refractivity contribution is 0.737. The van der Waals surface area contributed by atoms with Crippen molar-refractivity contribution in [1.82, 2.24) is 0 Å². The van der Waals surface area contributed by atoms with Crippen LogP contribution in [0.2, 0.25) is 0 Å². The fourth-order valence-corrected chi connectivity index (χ4v) is 1.10. The monoisotopic (exact) mass is 212 g/mol. The Morgan fingerprint density at radius 1 is 1.14 bits per heavy atom. The van der Waals surface area contributed by atoms with Crippen molar-refractivity contribution in [2.45, 2.75) is 25.7 Å². The number of hydrogen-bond donors (Lipinski definition) is 2. The highest BCUT2D eigenvalue weighted by Gasteiger charge is 1.88. The molecule has 0 aromatic heterocycles. The maximum atomic E-state index is 5.18. The van der Waals surface area contributed by atoms with E-state index in [0.29, 0.717) is 0 Å². The van der Waals surface area contributed by atoms with Crippen LogP contribution < -0.4 is 11.3 Å². The Balaban J connectivity index is 0.000000364. The Kier molecular flexibility index (Phi) is 7.34.